The van der Waals surface area contributed by atoms with Gasteiger partial charge in [-0.25, -0.2) is 4.98 Å². The van der Waals surface area contributed by atoms with E-state index in [-0.39, 0.29) is 5.82 Å². The van der Waals surface area contributed by atoms with Crippen molar-refractivity contribution in [1.29, 1.82) is 5.26 Å². The van der Waals surface area contributed by atoms with E-state index in [4.69, 9.17) is 19.9 Å². The van der Waals surface area contributed by atoms with Gasteiger partial charge in [-0.1, -0.05) is 29.8 Å². The zero-order chi connectivity index (χ0) is 20.3. The van der Waals surface area contributed by atoms with Crippen LogP contribution in [0.4, 0.5) is 5.82 Å². The van der Waals surface area contributed by atoms with Gasteiger partial charge in [-0.3, -0.25) is 0 Å². The van der Waals surface area contributed by atoms with Crippen LogP contribution < -0.4 is 19.9 Å². The Morgan fingerprint density at radius 1 is 0.929 bits per heavy atom. The van der Waals surface area contributed by atoms with Crippen LogP contribution in [0.25, 0.3) is 22.3 Å². The maximum absolute atomic E-state index is 9.77. The van der Waals surface area contributed by atoms with Crippen LogP contribution in [0, 0.1) is 18.3 Å². The van der Waals surface area contributed by atoms with Crippen LogP contribution in [0.3, 0.4) is 0 Å². The third kappa shape index (κ3) is 3.30. The van der Waals surface area contributed by atoms with E-state index in [9.17, 15) is 5.26 Å². The lowest BCUT2D eigenvalue weighted by Crippen LogP contribution is -2.01. The Hall–Kier alpha value is -3.72. The number of nitrogens with two attached hydrogens (primary N) is 1. The summed E-state index contributed by atoms with van der Waals surface area (Å²) in [5.74, 6) is 1.63. The average Bonchev–Trinajstić information content (AvgIpc) is 2.73. The summed E-state index contributed by atoms with van der Waals surface area (Å²) in [5, 5.41) is 9.77. The molecule has 0 radical (unpaired) electrons. The molecule has 3 aromatic rings. The minimum atomic E-state index is 0.169. The first-order valence-electron chi connectivity index (χ1n) is 8.60. The van der Waals surface area contributed by atoms with Crippen molar-refractivity contribution in [3.63, 3.8) is 0 Å². The fourth-order valence-electron chi connectivity index (χ4n) is 3.12. The number of pyridine rings is 1. The maximum atomic E-state index is 9.77. The van der Waals surface area contributed by atoms with Gasteiger partial charge in [-0.05, 0) is 30.2 Å². The van der Waals surface area contributed by atoms with E-state index >= 15 is 0 Å². The van der Waals surface area contributed by atoms with E-state index in [1.54, 1.807) is 39.7 Å². The first kappa shape index (κ1) is 19.1. The molecular formula is C22H21N3O3. The van der Waals surface area contributed by atoms with Crippen molar-refractivity contribution in [2.45, 2.75) is 6.92 Å². The Bertz CT molecular complexity index is 1030. The minimum absolute atomic E-state index is 0.169. The molecule has 0 saturated carbocycles. The molecule has 0 atom stereocenters. The highest BCUT2D eigenvalue weighted by Crippen LogP contribution is 2.44. The Kier molecular flexibility index (Phi) is 5.37. The number of ether oxygens (including phenoxy) is 3. The molecule has 0 spiro atoms. The lowest BCUT2D eigenvalue weighted by molar-refractivity contribution is 0.324. The molecule has 0 unspecified atom stereocenters. The van der Waals surface area contributed by atoms with Crippen molar-refractivity contribution in [3.05, 3.63) is 53.7 Å². The van der Waals surface area contributed by atoms with E-state index < -0.39 is 0 Å². The number of aromatic nitrogens is 1. The Labute approximate surface area is 164 Å². The molecule has 0 aliphatic heterocycles. The Balaban J connectivity index is 2.36. The summed E-state index contributed by atoms with van der Waals surface area (Å²) in [5.41, 5.74) is 10.6. The molecule has 0 amide bonds. The number of benzene rings is 2. The number of methoxy groups -OCH3 is 3. The lowest BCUT2D eigenvalue weighted by atomic mass is 9.91. The second-order valence-electron chi connectivity index (χ2n) is 6.20. The summed E-state index contributed by atoms with van der Waals surface area (Å²) in [6, 6.07) is 13.8. The van der Waals surface area contributed by atoms with Crippen LogP contribution in [0.5, 0.6) is 17.2 Å². The highest BCUT2D eigenvalue weighted by atomic mass is 16.5. The second kappa shape index (κ2) is 7.89. The van der Waals surface area contributed by atoms with E-state index in [1.807, 2.05) is 31.2 Å². The van der Waals surface area contributed by atoms with Crippen molar-refractivity contribution in [3.8, 4) is 45.6 Å². The first-order chi connectivity index (χ1) is 13.5. The number of rotatable bonds is 5. The number of nitrogens with zero attached hydrogens (tertiary/aromatic N) is 2. The SMILES string of the molecule is COc1cc(-c2c(-c3ccc(C)cc3)cnc(N)c2C#N)cc(OC)c1OC. The van der Waals surface area contributed by atoms with Crippen LogP contribution in [0.2, 0.25) is 0 Å². The van der Waals surface area contributed by atoms with Crippen molar-refractivity contribution < 1.29 is 14.2 Å². The highest BCUT2D eigenvalue weighted by Gasteiger charge is 2.21. The van der Waals surface area contributed by atoms with Crippen molar-refractivity contribution in [1.82, 2.24) is 4.98 Å². The number of nitrogen functional groups attached to an aromatic ring is 1. The van der Waals surface area contributed by atoms with Crippen LogP contribution in [-0.2, 0) is 0 Å². The number of hydrogen-bond donors (Lipinski definition) is 1. The zero-order valence-corrected chi connectivity index (χ0v) is 16.2. The Morgan fingerprint density at radius 2 is 1.54 bits per heavy atom. The molecule has 1 aromatic heterocycles. The lowest BCUT2D eigenvalue weighted by Gasteiger charge is -2.17. The fraction of sp³-hybridized carbons (Fsp3) is 0.182. The molecule has 0 saturated heterocycles. The van der Waals surface area contributed by atoms with Crippen LogP contribution in [0.15, 0.2) is 42.6 Å². The molecule has 2 N–H and O–H groups in total. The molecular weight excluding hydrogens is 354 g/mol. The number of anilines is 1. The molecule has 6 nitrogen and oxygen atoms in total. The smallest absolute Gasteiger partial charge is 0.203 e. The van der Waals surface area contributed by atoms with E-state index in [0.29, 0.717) is 28.4 Å². The summed E-state index contributed by atoms with van der Waals surface area (Å²) < 4.78 is 16.3. The molecule has 0 aliphatic rings. The normalized spacial score (nSPS) is 10.2. The van der Waals surface area contributed by atoms with Gasteiger partial charge in [0.1, 0.15) is 17.5 Å². The summed E-state index contributed by atoms with van der Waals surface area (Å²) in [6.07, 6.45) is 1.68. The van der Waals surface area contributed by atoms with Crippen LogP contribution >= 0.6 is 0 Å². The van der Waals surface area contributed by atoms with Crippen molar-refractivity contribution >= 4 is 5.82 Å². The number of nitriles is 1. The van der Waals surface area contributed by atoms with Crippen LogP contribution in [0.1, 0.15) is 11.1 Å². The van der Waals surface area contributed by atoms with Gasteiger partial charge >= 0.3 is 0 Å². The Morgan fingerprint density at radius 3 is 2.04 bits per heavy atom. The van der Waals surface area contributed by atoms with Crippen LogP contribution in [-0.4, -0.2) is 26.3 Å². The first-order valence-corrected chi connectivity index (χ1v) is 8.60. The van der Waals surface area contributed by atoms with Gasteiger partial charge < -0.3 is 19.9 Å². The van der Waals surface area contributed by atoms with Crippen molar-refractivity contribution in [2.75, 3.05) is 27.1 Å². The van der Waals surface area contributed by atoms with E-state index in [1.165, 1.54) is 0 Å². The number of aryl methyl sites for hydroxylation is 1. The largest absolute Gasteiger partial charge is 0.493 e. The van der Waals surface area contributed by atoms with E-state index in [2.05, 4.69) is 11.1 Å². The second-order valence-corrected chi connectivity index (χ2v) is 6.20. The standard InChI is InChI=1S/C22H21N3O3/c1-13-5-7-14(8-6-13)17-12-25-22(24)16(11-23)20(17)15-9-18(26-2)21(28-4)19(10-15)27-3/h5-10,12H,1-4H3,(H2,24,25). The third-order valence-corrected chi connectivity index (χ3v) is 4.54. The van der Waals surface area contributed by atoms with Gasteiger partial charge in [0.15, 0.2) is 11.5 Å². The summed E-state index contributed by atoms with van der Waals surface area (Å²) in [7, 11) is 4.64. The molecule has 1 heterocycles. The minimum Gasteiger partial charge on any atom is -0.493 e. The third-order valence-electron chi connectivity index (χ3n) is 4.54. The summed E-state index contributed by atoms with van der Waals surface area (Å²) in [4.78, 5) is 4.22. The monoisotopic (exact) mass is 375 g/mol. The van der Waals surface area contributed by atoms with E-state index in [0.717, 1.165) is 22.3 Å². The molecule has 3 rings (SSSR count). The number of hydrogen-bond acceptors (Lipinski definition) is 6. The van der Waals surface area contributed by atoms with Gasteiger partial charge in [-0.2, -0.15) is 5.26 Å². The van der Waals surface area contributed by atoms with Gasteiger partial charge in [0.05, 0.1) is 21.3 Å². The van der Waals surface area contributed by atoms with Gasteiger partial charge in [0.2, 0.25) is 5.75 Å². The highest BCUT2D eigenvalue weighted by molar-refractivity contribution is 5.90. The van der Waals surface area contributed by atoms with Gasteiger partial charge in [0.25, 0.3) is 0 Å². The van der Waals surface area contributed by atoms with Gasteiger partial charge in [-0.15, -0.1) is 0 Å². The fourth-order valence-corrected chi connectivity index (χ4v) is 3.12. The molecule has 2 aromatic carbocycles. The molecule has 6 heteroatoms. The molecule has 0 bridgehead atoms. The summed E-state index contributed by atoms with van der Waals surface area (Å²) in [6.45, 7) is 2.02. The molecule has 0 fully saturated rings. The van der Waals surface area contributed by atoms with Crippen molar-refractivity contribution in [2.24, 2.45) is 0 Å². The molecule has 0 aliphatic carbocycles. The zero-order valence-electron chi connectivity index (χ0n) is 16.2. The topological polar surface area (TPSA) is 90.4 Å². The average molecular weight is 375 g/mol. The molecule has 142 valence electrons. The quantitative estimate of drug-likeness (QED) is 0.719. The predicted molar refractivity (Wildman–Crippen MR) is 109 cm³/mol. The molecule has 28 heavy (non-hydrogen) atoms. The predicted octanol–water partition coefficient (Wildman–Crippen LogP) is 4.20. The van der Waals surface area contributed by atoms with Gasteiger partial charge in [0, 0.05) is 17.3 Å². The maximum Gasteiger partial charge on any atom is 0.203 e. The summed E-state index contributed by atoms with van der Waals surface area (Å²) >= 11 is 0.